The summed E-state index contributed by atoms with van der Waals surface area (Å²) in [6.07, 6.45) is 6.65. The number of nitrogens with zero attached hydrogens (tertiary/aromatic N) is 1. The van der Waals surface area contributed by atoms with E-state index < -0.39 is 30.7 Å². The Morgan fingerprint density at radius 2 is 1.63 bits per heavy atom. The number of allylic oxidation sites excluding steroid dienone is 1. The van der Waals surface area contributed by atoms with E-state index in [0.717, 1.165) is 0 Å². The highest BCUT2D eigenvalue weighted by Crippen LogP contribution is 2.40. The molecular weight excluding hydrogens is 621 g/mol. The SMILES string of the molecule is C/C=C(\C)[C@@H](O[Si](C)(C)C(C)(C)C)[C@@H](C)[C@H](C/C=C(\C)C(=O)N(C)[C@H](CC(C)C)C(=O)OCC(Cl)(Cl)Cl)OCSC. The number of carbonyl (C=O) groups is 2. The maximum atomic E-state index is 13.5. The van der Waals surface area contributed by atoms with Crippen LogP contribution in [0.1, 0.15) is 75.2 Å². The van der Waals surface area contributed by atoms with Gasteiger partial charge in [-0.25, -0.2) is 4.79 Å². The fourth-order valence-corrected chi connectivity index (χ4v) is 5.83. The molecule has 6 nitrogen and oxygen atoms in total. The molecule has 0 aromatic rings. The summed E-state index contributed by atoms with van der Waals surface area (Å²) in [4.78, 5) is 27.7. The summed E-state index contributed by atoms with van der Waals surface area (Å²) in [5, 5.41) is 0.0641. The highest BCUT2D eigenvalue weighted by Gasteiger charge is 2.42. The number of amides is 1. The zero-order chi connectivity index (χ0) is 32.3. The number of halogens is 3. The van der Waals surface area contributed by atoms with Crippen LogP contribution < -0.4 is 0 Å². The molecule has 0 aliphatic carbocycles. The normalized spacial score (nSPS) is 16.8. The van der Waals surface area contributed by atoms with E-state index in [2.05, 4.69) is 53.8 Å². The third-order valence-corrected chi connectivity index (χ3v) is 12.9. The average molecular weight is 675 g/mol. The van der Waals surface area contributed by atoms with Gasteiger partial charge in [0.1, 0.15) is 12.6 Å². The summed E-state index contributed by atoms with van der Waals surface area (Å²) in [6, 6.07) is -0.805. The van der Waals surface area contributed by atoms with Crippen LogP contribution in [0.2, 0.25) is 18.1 Å². The second kappa shape index (κ2) is 17.9. The first-order chi connectivity index (χ1) is 18.6. The number of carbonyl (C=O) groups excluding carboxylic acids is 2. The minimum atomic E-state index is -2.07. The molecule has 0 bridgehead atoms. The molecule has 0 aliphatic heterocycles. The molecular formula is C30H54Cl3NO5SSi. The van der Waals surface area contributed by atoms with Crippen molar-refractivity contribution < 1.29 is 23.5 Å². The van der Waals surface area contributed by atoms with Crippen molar-refractivity contribution in [2.24, 2.45) is 11.8 Å². The molecule has 0 aromatic carbocycles. The monoisotopic (exact) mass is 673 g/mol. The molecule has 0 spiro atoms. The molecule has 0 N–H and O–H groups in total. The Morgan fingerprint density at radius 3 is 2.07 bits per heavy atom. The van der Waals surface area contributed by atoms with E-state index in [1.54, 1.807) is 25.7 Å². The lowest BCUT2D eigenvalue weighted by molar-refractivity contribution is -0.153. The highest BCUT2D eigenvalue weighted by atomic mass is 35.6. The first kappa shape index (κ1) is 40.8. The van der Waals surface area contributed by atoms with E-state index in [-0.39, 0.29) is 35.0 Å². The molecule has 0 rings (SSSR count). The topological polar surface area (TPSA) is 65.1 Å². The Balaban J connectivity index is 6.03. The van der Waals surface area contributed by atoms with Gasteiger partial charge in [-0.05, 0) is 69.5 Å². The maximum absolute atomic E-state index is 13.5. The van der Waals surface area contributed by atoms with Gasteiger partial charge < -0.3 is 18.8 Å². The van der Waals surface area contributed by atoms with Crippen LogP contribution in [-0.4, -0.2) is 73.0 Å². The smallest absolute Gasteiger partial charge is 0.329 e. The van der Waals surface area contributed by atoms with Crippen molar-refractivity contribution in [1.82, 2.24) is 4.90 Å². The van der Waals surface area contributed by atoms with E-state index in [1.165, 1.54) is 10.5 Å². The number of likely N-dealkylation sites (N-methyl/N-ethyl adjacent to an activating group) is 1. The average Bonchev–Trinajstić information content (AvgIpc) is 2.85. The number of ether oxygens (including phenoxy) is 2. The number of hydrogen-bond donors (Lipinski definition) is 0. The van der Waals surface area contributed by atoms with Crippen LogP contribution in [0, 0.1) is 11.8 Å². The second-order valence-electron chi connectivity index (χ2n) is 12.7. The van der Waals surface area contributed by atoms with E-state index >= 15 is 0 Å². The number of rotatable bonds is 16. The predicted octanol–water partition coefficient (Wildman–Crippen LogP) is 8.81. The molecule has 0 fully saturated rings. The Bertz CT molecular complexity index is 900. The molecule has 1 amide bonds. The predicted molar refractivity (Wildman–Crippen MR) is 180 cm³/mol. The van der Waals surface area contributed by atoms with Crippen molar-refractivity contribution in [3.8, 4) is 0 Å². The minimum Gasteiger partial charge on any atom is -0.460 e. The van der Waals surface area contributed by atoms with Crippen molar-refractivity contribution in [2.75, 3.05) is 25.8 Å². The first-order valence-electron chi connectivity index (χ1n) is 14.2. The molecule has 0 heterocycles. The van der Waals surface area contributed by atoms with Gasteiger partial charge in [0, 0.05) is 18.5 Å². The van der Waals surface area contributed by atoms with Crippen molar-refractivity contribution >= 4 is 66.8 Å². The Labute approximate surface area is 270 Å². The van der Waals surface area contributed by atoms with Gasteiger partial charge >= 0.3 is 5.97 Å². The van der Waals surface area contributed by atoms with Gasteiger partial charge in [-0.2, -0.15) is 0 Å². The molecule has 4 atom stereocenters. The van der Waals surface area contributed by atoms with Crippen LogP contribution in [0.3, 0.4) is 0 Å². The molecule has 0 aromatic heterocycles. The van der Waals surface area contributed by atoms with Crippen LogP contribution in [0.15, 0.2) is 23.3 Å². The molecule has 0 radical (unpaired) electrons. The molecule has 11 heteroatoms. The van der Waals surface area contributed by atoms with Crippen LogP contribution in [0.25, 0.3) is 0 Å². The second-order valence-corrected chi connectivity index (χ2v) is 20.8. The molecule has 0 aliphatic rings. The molecule has 41 heavy (non-hydrogen) atoms. The van der Waals surface area contributed by atoms with Crippen molar-refractivity contribution in [3.05, 3.63) is 23.3 Å². The Kier molecular flexibility index (Phi) is 17.8. The molecule has 0 unspecified atom stereocenters. The van der Waals surface area contributed by atoms with Gasteiger partial charge in [0.25, 0.3) is 0 Å². The lowest BCUT2D eigenvalue weighted by Crippen LogP contribution is -2.47. The van der Waals surface area contributed by atoms with Gasteiger partial charge in [-0.15, -0.1) is 11.8 Å². The third-order valence-electron chi connectivity index (χ3n) is 7.72. The molecule has 0 saturated carbocycles. The summed E-state index contributed by atoms with van der Waals surface area (Å²) < 4.78 is 16.7. The van der Waals surface area contributed by atoms with Crippen LogP contribution in [-0.2, 0) is 23.5 Å². The lowest BCUT2D eigenvalue weighted by Gasteiger charge is -2.42. The maximum Gasteiger partial charge on any atom is 0.329 e. The summed E-state index contributed by atoms with van der Waals surface area (Å²) >= 11 is 18.9. The van der Waals surface area contributed by atoms with E-state index in [0.29, 0.717) is 24.4 Å². The van der Waals surface area contributed by atoms with E-state index in [9.17, 15) is 9.59 Å². The number of esters is 1. The highest BCUT2D eigenvalue weighted by molar-refractivity contribution is 7.98. The van der Waals surface area contributed by atoms with Crippen LogP contribution >= 0.6 is 46.6 Å². The number of hydrogen-bond acceptors (Lipinski definition) is 6. The molecule has 0 saturated heterocycles. The van der Waals surface area contributed by atoms with E-state index in [4.69, 9.17) is 48.7 Å². The Hall–Kier alpha value is -0.223. The molecule has 240 valence electrons. The number of thioether (sulfide) groups is 1. The Morgan fingerprint density at radius 1 is 1.07 bits per heavy atom. The van der Waals surface area contributed by atoms with Crippen molar-refractivity contribution in [3.63, 3.8) is 0 Å². The third kappa shape index (κ3) is 14.4. The largest absolute Gasteiger partial charge is 0.460 e. The lowest BCUT2D eigenvalue weighted by atomic mass is 9.90. The van der Waals surface area contributed by atoms with Gasteiger partial charge in [-0.3, -0.25) is 4.79 Å². The van der Waals surface area contributed by atoms with Crippen molar-refractivity contribution in [2.45, 2.75) is 115 Å². The standard InChI is InChI=1S/C30H54Cl3NO5SSi/c1-14-21(4)26(39-41(12,13)29(7,8)9)23(6)25(38-19-40-11)16-15-22(5)27(35)34(10)24(17-20(2)3)28(36)37-18-30(31,32)33/h14-15,20,23-26H,16-19H2,1-13H3/b21-14+,22-15+/t23-,24+,25-,26+/m0/s1. The number of alkyl halides is 3. The quantitative estimate of drug-likeness (QED) is 0.0407. The summed E-state index contributed by atoms with van der Waals surface area (Å²) in [5.74, 6) is -0.164. The van der Waals surface area contributed by atoms with Gasteiger partial charge in [0.05, 0.1) is 18.1 Å². The zero-order valence-electron chi connectivity index (χ0n) is 27.4. The summed E-state index contributed by atoms with van der Waals surface area (Å²) in [5.41, 5.74) is 1.69. The van der Waals surface area contributed by atoms with E-state index in [1.807, 2.05) is 33.1 Å². The van der Waals surface area contributed by atoms with Gasteiger partial charge in [0.2, 0.25) is 9.70 Å². The minimum absolute atomic E-state index is 0.0370. The fraction of sp³-hybridized carbons (Fsp3) is 0.800. The summed E-state index contributed by atoms with van der Waals surface area (Å²) in [7, 11) is -0.463. The van der Waals surface area contributed by atoms with Gasteiger partial charge in [0.15, 0.2) is 8.32 Å². The first-order valence-corrected chi connectivity index (χ1v) is 19.6. The zero-order valence-corrected chi connectivity index (χ0v) is 31.5. The fourth-order valence-electron chi connectivity index (χ4n) is 3.97. The summed E-state index contributed by atoms with van der Waals surface area (Å²) in [6.45, 7) is 22.9. The van der Waals surface area contributed by atoms with Gasteiger partial charge in [-0.1, -0.05) is 88.5 Å². The van der Waals surface area contributed by atoms with Crippen molar-refractivity contribution in [1.29, 1.82) is 0 Å². The van der Waals surface area contributed by atoms with Crippen LogP contribution in [0.4, 0.5) is 0 Å². The van der Waals surface area contributed by atoms with Crippen LogP contribution in [0.5, 0.6) is 0 Å².